The Morgan fingerprint density at radius 1 is 1.28 bits per heavy atom. The van der Waals surface area contributed by atoms with E-state index in [1.54, 1.807) is 23.9 Å². The molecule has 3 heterocycles. The molecular formula is C20H20FN5O3. The van der Waals surface area contributed by atoms with Crippen LogP contribution < -0.4 is 5.56 Å². The maximum absolute atomic E-state index is 13.9. The van der Waals surface area contributed by atoms with Crippen molar-refractivity contribution >= 4 is 16.6 Å². The molecule has 1 aliphatic rings. The standard InChI is InChI=1S/C20H20FN5O3/c1-28-9-8-25-15-10-13(21)6-7-14(15)26-11-22-16(17(26)20(25)27)18-23-19(29-24-18)12-4-2-3-5-12/h6-7,10-12H,2-5,8-9H2,1H3. The predicted molar refractivity (Wildman–Crippen MR) is 103 cm³/mol. The predicted octanol–water partition coefficient (Wildman–Crippen LogP) is 3.14. The van der Waals surface area contributed by atoms with Crippen molar-refractivity contribution in [3.8, 4) is 11.5 Å². The van der Waals surface area contributed by atoms with Crippen molar-refractivity contribution in [2.75, 3.05) is 13.7 Å². The first-order valence-corrected chi connectivity index (χ1v) is 9.69. The number of ether oxygens (including phenoxy) is 1. The summed E-state index contributed by atoms with van der Waals surface area (Å²) < 4.78 is 27.6. The number of aromatic nitrogens is 5. The molecule has 0 atom stereocenters. The fourth-order valence-corrected chi connectivity index (χ4v) is 4.13. The summed E-state index contributed by atoms with van der Waals surface area (Å²) in [5.74, 6) is 0.752. The van der Waals surface area contributed by atoms with E-state index in [-0.39, 0.29) is 18.0 Å². The molecule has 1 fully saturated rings. The molecule has 4 aromatic rings. The number of hydrogen-bond acceptors (Lipinski definition) is 6. The molecule has 0 bridgehead atoms. The third kappa shape index (κ3) is 2.93. The average molecular weight is 397 g/mol. The number of hydrogen-bond donors (Lipinski definition) is 0. The second kappa shape index (κ2) is 7.07. The number of benzene rings is 1. The minimum absolute atomic E-state index is 0.271. The number of rotatable bonds is 5. The summed E-state index contributed by atoms with van der Waals surface area (Å²) in [5, 5.41) is 4.09. The molecule has 0 aliphatic heterocycles. The molecule has 0 saturated heterocycles. The van der Waals surface area contributed by atoms with Crippen molar-refractivity contribution in [1.82, 2.24) is 24.1 Å². The molecule has 1 aromatic carbocycles. The lowest BCUT2D eigenvalue weighted by Gasteiger charge is -2.12. The van der Waals surface area contributed by atoms with E-state index in [1.807, 2.05) is 0 Å². The van der Waals surface area contributed by atoms with Gasteiger partial charge in [-0.3, -0.25) is 9.20 Å². The Morgan fingerprint density at radius 2 is 2.10 bits per heavy atom. The van der Waals surface area contributed by atoms with Crippen LogP contribution in [-0.4, -0.2) is 37.8 Å². The zero-order valence-corrected chi connectivity index (χ0v) is 16.0. The van der Waals surface area contributed by atoms with E-state index < -0.39 is 5.82 Å². The van der Waals surface area contributed by atoms with E-state index >= 15 is 0 Å². The van der Waals surface area contributed by atoms with Crippen molar-refractivity contribution in [2.24, 2.45) is 0 Å². The van der Waals surface area contributed by atoms with Crippen LogP contribution in [-0.2, 0) is 11.3 Å². The zero-order chi connectivity index (χ0) is 20.0. The third-order valence-corrected chi connectivity index (χ3v) is 5.58. The van der Waals surface area contributed by atoms with Crippen LogP contribution in [0.25, 0.3) is 28.1 Å². The minimum Gasteiger partial charge on any atom is -0.383 e. The number of nitrogens with zero attached hydrogens (tertiary/aromatic N) is 5. The van der Waals surface area contributed by atoms with Crippen LogP contribution >= 0.6 is 0 Å². The summed E-state index contributed by atoms with van der Waals surface area (Å²) in [6.07, 6.45) is 5.92. The summed E-state index contributed by atoms with van der Waals surface area (Å²) in [5.41, 5.74) is 1.53. The van der Waals surface area contributed by atoms with Gasteiger partial charge in [0.25, 0.3) is 5.56 Å². The summed E-state index contributed by atoms with van der Waals surface area (Å²) in [4.78, 5) is 22.2. The van der Waals surface area contributed by atoms with Crippen molar-refractivity contribution in [1.29, 1.82) is 0 Å². The molecule has 5 rings (SSSR count). The molecule has 3 aromatic heterocycles. The van der Waals surface area contributed by atoms with Gasteiger partial charge in [0.05, 0.1) is 17.6 Å². The molecule has 29 heavy (non-hydrogen) atoms. The van der Waals surface area contributed by atoms with Crippen LogP contribution in [0, 0.1) is 5.82 Å². The van der Waals surface area contributed by atoms with Crippen LogP contribution in [0.3, 0.4) is 0 Å². The highest BCUT2D eigenvalue weighted by Crippen LogP contribution is 2.34. The molecule has 8 nitrogen and oxygen atoms in total. The molecule has 0 amide bonds. The highest BCUT2D eigenvalue weighted by molar-refractivity contribution is 5.83. The van der Waals surface area contributed by atoms with Gasteiger partial charge in [0.2, 0.25) is 11.7 Å². The summed E-state index contributed by atoms with van der Waals surface area (Å²) >= 11 is 0. The lowest BCUT2D eigenvalue weighted by atomic mass is 10.1. The summed E-state index contributed by atoms with van der Waals surface area (Å²) in [7, 11) is 1.56. The van der Waals surface area contributed by atoms with Gasteiger partial charge in [-0.25, -0.2) is 9.37 Å². The van der Waals surface area contributed by atoms with E-state index in [2.05, 4.69) is 15.1 Å². The van der Waals surface area contributed by atoms with E-state index in [1.165, 1.54) is 16.7 Å². The monoisotopic (exact) mass is 397 g/mol. The van der Waals surface area contributed by atoms with E-state index in [4.69, 9.17) is 9.26 Å². The summed E-state index contributed by atoms with van der Waals surface area (Å²) in [6.45, 7) is 0.606. The molecule has 1 saturated carbocycles. The topological polar surface area (TPSA) is 87.5 Å². The van der Waals surface area contributed by atoms with Crippen molar-refractivity contribution in [3.05, 3.63) is 46.6 Å². The smallest absolute Gasteiger partial charge is 0.277 e. The second-order valence-electron chi connectivity index (χ2n) is 7.33. The Bertz CT molecular complexity index is 1250. The summed E-state index contributed by atoms with van der Waals surface area (Å²) in [6, 6.07) is 4.34. The maximum Gasteiger partial charge on any atom is 0.277 e. The number of fused-ring (bicyclic) bond motifs is 3. The number of methoxy groups -OCH3 is 1. The van der Waals surface area contributed by atoms with Gasteiger partial charge in [-0.1, -0.05) is 18.0 Å². The highest BCUT2D eigenvalue weighted by Gasteiger charge is 2.26. The van der Waals surface area contributed by atoms with Crippen LogP contribution in [0.15, 0.2) is 33.8 Å². The first kappa shape index (κ1) is 18.0. The minimum atomic E-state index is -0.415. The second-order valence-corrected chi connectivity index (χ2v) is 7.33. The van der Waals surface area contributed by atoms with Gasteiger partial charge < -0.3 is 13.8 Å². The van der Waals surface area contributed by atoms with Crippen LogP contribution in [0.5, 0.6) is 0 Å². The lowest BCUT2D eigenvalue weighted by molar-refractivity contribution is 0.187. The van der Waals surface area contributed by atoms with Crippen LogP contribution in [0.4, 0.5) is 4.39 Å². The van der Waals surface area contributed by atoms with Crippen molar-refractivity contribution in [2.45, 2.75) is 38.1 Å². The molecule has 0 N–H and O–H groups in total. The molecular weight excluding hydrogens is 377 g/mol. The molecule has 150 valence electrons. The Morgan fingerprint density at radius 3 is 2.90 bits per heavy atom. The maximum atomic E-state index is 13.9. The van der Waals surface area contributed by atoms with Crippen molar-refractivity contribution in [3.63, 3.8) is 0 Å². The SMILES string of the molecule is COCCn1c(=O)c2c(-c3noc(C4CCCC4)n3)ncn2c2ccc(F)cc21. The fraction of sp³-hybridized carbons (Fsp3) is 0.400. The molecule has 0 spiro atoms. The van der Waals surface area contributed by atoms with Gasteiger partial charge in [-0.2, -0.15) is 4.98 Å². The number of imidazole rings is 1. The van der Waals surface area contributed by atoms with E-state index in [9.17, 15) is 9.18 Å². The Labute approximate surface area is 164 Å². The van der Waals surface area contributed by atoms with Gasteiger partial charge in [0.1, 0.15) is 23.4 Å². The highest BCUT2D eigenvalue weighted by atomic mass is 19.1. The Balaban J connectivity index is 1.72. The average Bonchev–Trinajstić information content (AvgIpc) is 3.46. The first-order valence-electron chi connectivity index (χ1n) is 9.69. The van der Waals surface area contributed by atoms with E-state index in [0.717, 1.165) is 25.7 Å². The number of halogens is 1. The van der Waals surface area contributed by atoms with Gasteiger partial charge in [0, 0.05) is 19.6 Å². The Hall–Kier alpha value is -3.07. The van der Waals surface area contributed by atoms with Gasteiger partial charge in [-0.15, -0.1) is 0 Å². The molecule has 1 aliphatic carbocycles. The van der Waals surface area contributed by atoms with Gasteiger partial charge in [0.15, 0.2) is 0 Å². The van der Waals surface area contributed by atoms with Crippen molar-refractivity contribution < 1.29 is 13.7 Å². The van der Waals surface area contributed by atoms with Crippen LogP contribution in [0.2, 0.25) is 0 Å². The molecule has 9 heteroatoms. The lowest BCUT2D eigenvalue weighted by Crippen LogP contribution is -2.25. The molecule has 0 radical (unpaired) electrons. The zero-order valence-electron chi connectivity index (χ0n) is 16.0. The Kier molecular flexibility index (Phi) is 4.39. The normalized spacial score (nSPS) is 15.1. The van der Waals surface area contributed by atoms with Gasteiger partial charge in [-0.05, 0) is 31.0 Å². The van der Waals surface area contributed by atoms with Crippen LogP contribution in [0.1, 0.15) is 37.5 Å². The fourth-order valence-electron chi connectivity index (χ4n) is 4.13. The third-order valence-electron chi connectivity index (χ3n) is 5.58. The molecule has 0 unspecified atom stereocenters. The largest absolute Gasteiger partial charge is 0.383 e. The van der Waals surface area contributed by atoms with E-state index in [0.29, 0.717) is 40.6 Å². The quantitative estimate of drug-likeness (QED) is 0.514. The van der Waals surface area contributed by atoms with Gasteiger partial charge >= 0.3 is 0 Å². The first-order chi connectivity index (χ1) is 14.2.